The molecule has 3 rings (SSSR count). The second-order valence-corrected chi connectivity index (χ2v) is 8.95. The normalized spacial score (nSPS) is 18.4. The minimum atomic E-state index is -2.19. The summed E-state index contributed by atoms with van der Waals surface area (Å²) in [7, 11) is -0.905. The molecule has 3 unspecified atom stereocenters. The summed E-state index contributed by atoms with van der Waals surface area (Å²) in [6, 6.07) is 0.424. The van der Waals surface area contributed by atoms with Crippen molar-refractivity contribution in [3.8, 4) is 0 Å². The summed E-state index contributed by atoms with van der Waals surface area (Å²) in [5, 5.41) is 2.07. The summed E-state index contributed by atoms with van der Waals surface area (Å²) in [4.78, 5) is 36.5. The van der Waals surface area contributed by atoms with Crippen LogP contribution < -0.4 is 10.0 Å². The van der Waals surface area contributed by atoms with Crippen molar-refractivity contribution in [2.45, 2.75) is 24.3 Å². The first-order valence-corrected chi connectivity index (χ1v) is 11.6. The summed E-state index contributed by atoms with van der Waals surface area (Å²) in [5.41, 5.74) is -1.04. The van der Waals surface area contributed by atoms with Gasteiger partial charge in [-0.05, 0) is 6.92 Å². The van der Waals surface area contributed by atoms with Gasteiger partial charge in [-0.1, -0.05) is 0 Å². The van der Waals surface area contributed by atoms with Crippen LogP contribution in [0.25, 0.3) is 0 Å². The molecule has 190 valence electrons. The maximum absolute atomic E-state index is 15.1. The molecule has 0 spiro atoms. The SMILES string of the molecule is CCOC(=O)N1CC(CC=O)C(NS(=O)c2cn(C)c(C(=O)Nc3cc(F)c(F)c(F)c3)c2F)C1. The van der Waals surface area contributed by atoms with E-state index in [1.807, 2.05) is 0 Å². The number of aldehydes is 1. The number of carbonyl (C=O) groups excluding carboxylic acids is 3. The highest BCUT2D eigenvalue weighted by molar-refractivity contribution is 7.83. The van der Waals surface area contributed by atoms with Crippen molar-refractivity contribution in [2.75, 3.05) is 25.0 Å². The Morgan fingerprint density at radius 2 is 1.83 bits per heavy atom. The van der Waals surface area contributed by atoms with Gasteiger partial charge >= 0.3 is 6.09 Å². The number of aromatic nitrogens is 1. The Morgan fingerprint density at radius 3 is 2.43 bits per heavy atom. The van der Waals surface area contributed by atoms with Crippen molar-refractivity contribution < 1.29 is 40.9 Å². The summed E-state index contributed by atoms with van der Waals surface area (Å²) in [6.07, 6.45) is 1.20. The Labute approximate surface area is 200 Å². The number of halogens is 4. The second kappa shape index (κ2) is 11.0. The molecule has 3 atom stereocenters. The van der Waals surface area contributed by atoms with Crippen molar-refractivity contribution in [1.29, 1.82) is 0 Å². The Balaban J connectivity index is 1.77. The Kier molecular flexibility index (Phi) is 8.27. The fourth-order valence-electron chi connectivity index (χ4n) is 3.71. The van der Waals surface area contributed by atoms with E-state index in [0.717, 1.165) is 10.8 Å². The van der Waals surface area contributed by atoms with Gasteiger partial charge in [-0.3, -0.25) is 4.79 Å². The first-order valence-electron chi connectivity index (χ1n) is 10.4. The van der Waals surface area contributed by atoms with Crippen LogP contribution in [-0.2, 0) is 27.6 Å². The number of nitrogens with one attached hydrogen (secondary N) is 2. The van der Waals surface area contributed by atoms with Crippen LogP contribution in [0, 0.1) is 29.2 Å². The van der Waals surface area contributed by atoms with Gasteiger partial charge in [0.1, 0.15) is 27.9 Å². The molecule has 14 heteroatoms. The minimum absolute atomic E-state index is 0.0560. The lowest BCUT2D eigenvalue weighted by atomic mass is 10.0. The first kappa shape index (κ1) is 26.3. The van der Waals surface area contributed by atoms with Crippen LogP contribution in [0.5, 0.6) is 0 Å². The molecule has 0 radical (unpaired) electrons. The van der Waals surface area contributed by atoms with Gasteiger partial charge in [-0.25, -0.2) is 31.3 Å². The van der Waals surface area contributed by atoms with Gasteiger partial charge in [0.05, 0.1) is 6.61 Å². The average Bonchev–Trinajstić information content (AvgIpc) is 3.32. The van der Waals surface area contributed by atoms with E-state index in [0.29, 0.717) is 18.4 Å². The molecule has 1 aromatic carbocycles. The van der Waals surface area contributed by atoms with E-state index >= 15 is 4.39 Å². The van der Waals surface area contributed by atoms with E-state index in [2.05, 4.69) is 10.0 Å². The van der Waals surface area contributed by atoms with Crippen LogP contribution in [0.4, 0.5) is 28.0 Å². The van der Waals surface area contributed by atoms with E-state index in [1.54, 1.807) is 6.92 Å². The molecule has 2 N–H and O–H groups in total. The number of ether oxygens (including phenoxy) is 1. The quantitative estimate of drug-likeness (QED) is 0.317. The Hall–Kier alpha value is -3.26. The van der Waals surface area contributed by atoms with Crippen LogP contribution in [0.2, 0.25) is 0 Å². The minimum Gasteiger partial charge on any atom is -0.450 e. The molecule has 1 aliphatic rings. The monoisotopic (exact) mass is 518 g/mol. The molecule has 1 aromatic heterocycles. The van der Waals surface area contributed by atoms with Gasteiger partial charge in [-0.15, -0.1) is 0 Å². The molecule has 2 amide bonds. The molecular weight excluding hydrogens is 496 g/mol. The van der Waals surface area contributed by atoms with Crippen molar-refractivity contribution in [3.05, 3.63) is 47.3 Å². The largest absolute Gasteiger partial charge is 0.450 e. The summed E-state index contributed by atoms with van der Waals surface area (Å²) < 4.78 is 76.6. The fraction of sp³-hybridized carbons (Fsp3) is 0.381. The molecule has 1 fully saturated rings. The molecular formula is C21H22F4N4O5S. The number of aryl methyl sites for hydroxylation is 1. The number of anilines is 1. The Bertz CT molecular complexity index is 1150. The van der Waals surface area contributed by atoms with Crippen molar-refractivity contribution in [1.82, 2.24) is 14.2 Å². The number of hydrogen-bond acceptors (Lipinski definition) is 5. The van der Waals surface area contributed by atoms with E-state index < -0.39 is 74.5 Å². The second-order valence-electron chi connectivity index (χ2n) is 7.73. The molecule has 2 aromatic rings. The summed E-state index contributed by atoms with van der Waals surface area (Å²) in [6.45, 7) is 2.01. The molecule has 0 saturated carbocycles. The van der Waals surface area contributed by atoms with Crippen molar-refractivity contribution in [3.63, 3.8) is 0 Å². The Morgan fingerprint density at radius 1 is 1.17 bits per heavy atom. The van der Waals surface area contributed by atoms with E-state index in [1.165, 1.54) is 11.9 Å². The third-order valence-corrected chi connectivity index (χ3v) is 6.57. The smallest absolute Gasteiger partial charge is 0.409 e. The topological polar surface area (TPSA) is 110 Å². The highest BCUT2D eigenvalue weighted by Crippen LogP contribution is 2.25. The molecule has 9 nitrogen and oxygen atoms in total. The third-order valence-electron chi connectivity index (χ3n) is 5.37. The highest BCUT2D eigenvalue weighted by Gasteiger charge is 2.37. The first-order chi connectivity index (χ1) is 16.6. The van der Waals surface area contributed by atoms with E-state index in [9.17, 15) is 31.8 Å². The maximum Gasteiger partial charge on any atom is 0.409 e. The predicted molar refractivity (Wildman–Crippen MR) is 116 cm³/mol. The lowest BCUT2D eigenvalue weighted by molar-refractivity contribution is -0.108. The number of amides is 2. The lowest BCUT2D eigenvalue weighted by Gasteiger charge is -2.16. The van der Waals surface area contributed by atoms with Crippen LogP contribution in [-0.4, -0.2) is 57.7 Å². The molecule has 2 heterocycles. The molecule has 0 bridgehead atoms. The van der Waals surface area contributed by atoms with Gasteiger partial charge in [0.15, 0.2) is 23.3 Å². The third kappa shape index (κ3) is 5.70. The molecule has 1 saturated heterocycles. The van der Waals surface area contributed by atoms with E-state index in [-0.39, 0.29) is 26.1 Å². The molecule has 35 heavy (non-hydrogen) atoms. The lowest BCUT2D eigenvalue weighted by Crippen LogP contribution is -2.38. The molecule has 1 aliphatic heterocycles. The number of benzene rings is 1. The van der Waals surface area contributed by atoms with Crippen LogP contribution >= 0.6 is 0 Å². The number of nitrogens with zero attached hydrogens (tertiary/aromatic N) is 2. The maximum atomic E-state index is 15.1. The van der Waals surface area contributed by atoms with Gasteiger partial charge in [0.25, 0.3) is 5.91 Å². The van der Waals surface area contributed by atoms with Crippen LogP contribution in [0.3, 0.4) is 0 Å². The standard InChI is InChI=1S/C21H22F4N4O5S/c1-3-34-21(32)29-8-11(4-5-30)15(9-29)27-35(33)16-10-28(2)19(18(16)25)20(31)26-12-6-13(22)17(24)14(23)7-12/h5-7,10-11,15,27H,3-4,8-9H2,1-2H3,(H,26,31). The van der Waals surface area contributed by atoms with Gasteiger partial charge in [0.2, 0.25) is 0 Å². The number of hydrogen-bond donors (Lipinski definition) is 2. The zero-order chi connectivity index (χ0) is 25.9. The highest BCUT2D eigenvalue weighted by atomic mass is 32.2. The predicted octanol–water partition coefficient (Wildman–Crippen LogP) is 2.49. The average molecular weight is 518 g/mol. The fourth-order valence-corrected chi connectivity index (χ4v) is 4.89. The van der Waals surface area contributed by atoms with Gasteiger partial charge in [-0.2, -0.15) is 0 Å². The van der Waals surface area contributed by atoms with Crippen molar-refractivity contribution in [2.24, 2.45) is 13.0 Å². The van der Waals surface area contributed by atoms with Crippen LogP contribution in [0.15, 0.2) is 23.2 Å². The van der Waals surface area contributed by atoms with Gasteiger partial charge < -0.3 is 24.3 Å². The zero-order valence-corrected chi connectivity index (χ0v) is 19.5. The van der Waals surface area contributed by atoms with Gasteiger partial charge in [0, 0.05) is 62.5 Å². The zero-order valence-electron chi connectivity index (χ0n) is 18.6. The number of carbonyl (C=O) groups is 3. The summed E-state index contributed by atoms with van der Waals surface area (Å²) >= 11 is 0. The van der Waals surface area contributed by atoms with Crippen LogP contribution in [0.1, 0.15) is 23.8 Å². The van der Waals surface area contributed by atoms with E-state index in [4.69, 9.17) is 4.74 Å². The number of rotatable bonds is 8. The molecule has 0 aliphatic carbocycles. The van der Waals surface area contributed by atoms with Crippen molar-refractivity contribution >= 4 is 35.0 Å². The number of likely N-dealkylation sites (tertiary alicyclic amines) is 1. The summed E-state index contributed by atoms with van der Waals surface area (Å²) in [5.74, 6) is -7.50.